The quantitative estimate of drug-likeness (QED) is 0.641. The molecule has 0 spiro atoms. The molecular formula is C10H18N2O3. The molecule has 1 atom stereocenters. The fourth-order valence-corrected chi connectivity index (χ4v) is 0.948. The maximum Gasteiger partial charge on any atom is 0.329 e. The Morgan fingerprint density at radius 1 is 1.60 bits per heavy atom. The van der Waals surface area contributed by atoms with Crippen molar-refractivity contribution in [3.05, 3.63) is 12.7 Å². The lowest BCUT2D eigenvalue weighted by Gasteiger charge is -2.33. The minimum atomic E-state index is -1.25. The van der Waals surface area contributed by atoms with Gasteiger partial charge in [0, 0.05) is 7.05 Å². The van der Waals surface area contributed by atoms with Crippen molar-refractivity contribution in [2.24, 2.45) is 5.73 Å². The highest BCUT2D eigenvalue weighted by Gasteiger charge is 2.36. The van der Waals surface area contributed by atoms with Gasteiger partial charge in [0.25, 0.3) is 0 Å². The van der Waals surface area contributed by atoms with Crippen LogP contribution >= 0.6 is 0 Å². The number of hydrogen-bond donors (Lipinski definition) is 2. The van der Waals surface area contributed by atoms with E-state index in [1.54, 1.807) is 0 Å². The molecule has 1 unspecified atom stereocenters. The number of nitrogens with zero attached hydrogens (tertiary/aromatic N) is 1. The van der Waals surface area contributed by atoms with Crippen LogP contribution in [0.3, 0.4) is 0 Å². The van der Waals surface area contributed by atoms with Gasteiger partial charge in [-0.15, -0.1) is 6.58 Å². The lowest BCUT2D eigenvalue weighted by molar-refractivity contribution is -0.155. The zero-order valence-corrected chi connectivity index (χ0v) is 9.36. The summed E-state index contributed by atoms with van der Waals surface area (Å²) in [7, 11) is 1.43. The third-order valence-corrected chi connectivity index (χ3v) is 2.43. The van der Waals surface area contributed by atoms with E-state index in [1.165, 1.54) is 27.0 Å². The van der Waals surface area contributed by atoms with Crippen molar-refractivity contribution in [3.8, 4) is 0 Å². The molecule has 5 nitrogen and oxygen atoms in total. The first-order valence-electron chi connectivity index (χ1n) is 4.62. The van der Waals surface area contributed by atoms with E-state index in [1.807, 2.05) is 0 Å². The first-order chi connectivity index (χ1) is 6.75. The van der Waals surface area contributed by atoms with Crippen LogP contribution in [-0.4, -0.2) is 40.5 Å². The van der Waals surface area contributed by atoms with Gasteiger partial charge in [-0.3, -0.25) is 4.79 Å². The molecule has 0 fully saturated rings. The summed E-state index contributed by atoms with van der Waals surface area (Å²) >= 11 is 0. The minimum absolute atomic E-state index is 0.332. The van der Waals surface area contributed by atoms with Gasteiger partial charge >= 0.3 is 5.97 Å². The summed E-state index contributed by atoms with van der Waals surface area (Å²) < 4.78 is 0. The Morgan fingerprint density at radius 3 is 2.40 bits per heavy atom. The van der Waals surface area contributed by atoms with E-state index < -0.39 is 23.5 Å². The van der Waals surface area contributed by atoms with Gasteiger partial charge < -0.3 is 15.7 Å². The molecule has 0 aliphatic carbocycles. The summed E-state index contributed by atoms with van der Waals surface area (Å²) in [6.45, 7) is 6.38. The highest BCUT2D eigenvalue weighted by atomic mass is 16.4. The molecule has 0 saturated heterocycles. The highest BCUT2D eigenvalue weighted by molar-refractivity contribution is 5.88. The van der Waals surface area contributed by atoms with Gasteiger partial charge in [-0.05, 0) is 20.3 Å². The van der Waals surface area contributed by atoms with E-state index in [9.17, 15) is 9.59 Å². The average molecular weight is 214 g/mol. The molecule has 0 aromatic rings. The van der Waals surface area contributed by atoms with Gasteiger partial charge in [-0.1, -0.05) is 6.08 Å². The molecule has 0 aromatic carbocycles. The van der Waals surface area contributed by atoms with Crippen LogP contribution in [0.25, 0.3) is 0 Å². The van der Waals surface area contributed by atoms with Crippen LogP contribution < -0.4 is 5.73 Å². The van der Waals surface area contributed by atoms with Crippen LogP contribution in [0.15, 0.2) is 12.7 Å². The Kier molecular flexibility index (Phi) is 4.48. The third-order valence-electron chi connectivity index (χ3n) is 2.43. The number of amides is 1. The number of hydrogen-bond acceptors (Lipinski definition) is 3. The molecule has 15 heavy (non-hydrogen) atoms. The Morgan fingerprint density at radius 2 is 2.07 bits per heavy atom. The Balaban J connectivity index is 4.70. The first-order valence-corrected chi connectivity index (χ1v) is 4.62. The molecule has 86 valence electrons. The van der Waals surface area contributed by atoms with Crippen molar-refractivity contribution in [3.63, 3.8) is 0 Å². The molecule has 0 heterocycles. The number of carboxylic acids is 1. The minimum Gasteiger partial charge on any atom is -0.480 e. The summed E-state index contributed by atoms with van der Waals surface area (Å²) in [6.07, 6.45) is 1.86. The van der Waals surface area contributed by atoms with Crippen LogP contribution in [0, 0.1) is 0 Å². The largest absolute Gasteiger partial charge is 0.480 e. The van der Waals surface area contributed by atoms with Crippen molar-refractivity contribution >= 4 is 11.9 Å². The molecule has 0 saturated carbocycles. The molecule has 0 aliphatic heterocycles. The van der Waals surface area contributed by atoms with E-state index in [-0.39, 0.29) is 0 Å². The maximum atomic E-state index is 11.7. The average Bonchev–Trinajstić information content (AvgIpc) is 2.15. The summed E-state index contributed by atoms with van der Waals surface area (Å²) in [5, 5.41) is 8.92. The molecule has 0 radical (unpaired) electrons. The number of likely N-dealkylation sites (N-methyl/N-ethyl adjacent to an activating group) is 1. The fraction of sp³-hybridized carbons (Fsp3) is 0.600. The molecule has 0 aliphatic rings. The number of carboxylic acid groups (broad SMARTS) is 1. The first kappa shape index (κ1) is 13.6. The van der Waals surface area contributed by atoms with Crippen molar-refractivity contribution in [1.29, 1.82) is 0 Å². The van der Waals surface area contributed by atoms with E-state index in [0.717, 1.165) is 4.90 Å². The van der Waals surface area contributed by atoms with Crippen LogP contribution in [0.1, 0.15) is 20.3 Å². The van der Waals surface area contributed by atoms with E-state index in [0.29, 0.717) is 6.42 Å². The van der Waals surface area contributed by atoms with Crippen molar-refractivity contribution in [1.82, 2.24) is 4.90 Å². The topological polar surface area (TPSA) is 83.6 Å². The third kappa shape index (κ3) is 3.06. The standard InChI is InChI=1S/C10H18N2O3/c1-5-6-7(11)8(13)12(4)10(2,3)9(14)15/h5,7H,1,6,11H2,2-4H3,(H,14,15). The molecule has 3 N–H and O–H groups in total. The van der Waals surface area contributed by atoms with Crippen molar-refractivity contribution < 1.29 is 14.7 Å². The fourth-order valence-electron chi connectivity index (χ4n) is 0.948. The number of rotatable bonds is 5. The lowest BCUT2D eigenvalue weighted by atomic mass is 10.0. The summed E-state index contributed by atoms with van der Waals surface area (Å²) in [6, 6.07) is -0.730. The Bertz CT molecular complexity index is 274. The SMILES string of the molecule is C=CCC(N)C(=O)N(C)C(C)(C)C(=O)O. The monoisotopic (exact) mass is 214 g/mol. The van der Waals surface area contributed by atoms with Crippen LogP contribution in [0.2, 0.25) is 0 Å². The summed E-state index contributed by atoms with van der Waals surface area (Å²) in [5.41, 5.74) is 4.32. The number of nitrogens with two attached hydrogens (primary N) is 1. The van der Waals surface area contributed by atoms with Gasteiger partial charge in [-0.25, -0.2) is 4.79 Å². The zero-order chi connectivity index (χ0) is 12.2. The highest BCUT2D eigenvalue weighted by Crippen LogP contribution is 2.14. The predicted octanol–water partition coefficient (Wildman–Crippen LogP) is 0.211. The van der Waals surface area contributed by atoms with E-state index >= 15 is 0 Å². The number of aliphatic carboxylic acids is 1. The van der Waals surface area contributed by atoms with Gasteiger partial charge in [0.1, 0.15) is 5.54 Å². The normalized spacial score (nSPS) is 13.1. The Labute approximate surface area is 89.6 Å². The molecule has 0 aromatic heterocycles. The summed E-state index contributed by atoms with van der Waals surface area (Å²) in [4.78, 5) is 23.7. The molecule has 5 heteroatoms. The van der Waals surface area contributed by atoms with E-state index in [4.69, 9.17) is 10.8 Å². The zero-order valence-electron chi connectivity index (χ0n) is 9.36. The second kappa shape index (κ2) is 4.93. The number of carbonyl (C=O) groups excluding carboxylic acids is 1. The molecule has 0 rings (SSSR count). The lowest BCUT2D eigenvalue weighted by Crippen LogP contribution is -2.55. The Hall–Kier alpha value is -1.36. The molecule has 0 bridgehead atoms. The van der Waals surface area contributed by atoms with Gasteiger partial charge in [0.05, 0.1) is 6.04 Å². The second-order valence-electron chi connectivity index (χ2n) is 3.89. The molecule has 1 amide bonds. The molecular weight excluding hydrogens is 196 g/mol. The van der Waals surface area contributed by atoms with Crippen LogP contribution in [-0.2, 0) is 9.59 Å². The van der Waals surface area contributed by atoms with Crippen LogP contribution in [0.5, 0.6) is 0 Å². The predicted molar refractivity (Wildman–Crippen MR) is 57.3 cm³/mol. The smallest absolute Gasteiger partial charge is 0.329 e. The van der Waals surface area contributed by atoms with Crippen LogP contribution in [0.4, 0.5) is 0 Å². The van der Waals surface area contributed by atoms with Gasteiger partial charge in [-0.2, -0.15) is 0 Å². The second-order valence-corrected chi connectivity index (χ2v) is 3.89. The van der Waals surface area contributed by atoms with Crippen molar-refractivity contribution in [2.75, 3.05) is 7.05 Å². The van der Waals surface area contributed by atoms with Gasteiger partial charge in [0.15, 0.2) is 0 Å². The maximum absolute atomic E-state index is 11.7. The van der Waals surface area contributed by atoms with E-state index in [2.05, 4.69) is 6.58 Å². The summed E-state index contributed by atoms with van der Waals surface area (Å²) in [5.74, 6) is -1.47. The number of carbonyl (C=O) groups is 2. The van der Waals surface area contributed by atoms with Gasteiger partial charge in [0.2, 0.25) is 5.91 Å². The van der Waals surface area contributed by atoms with Crippen molar-refractivity contribution in [2.45, 2.75) is 31.8 Å².